The van der Waals surface area contributed by atoms with Crippen molar-refractivity contribution in [1.29, 1.82) is 0 Å². The number of halogens is 1. The van der Waals surface area contributed by atoms with Crippen molar-refractivity contribution in [3.63, 3.8) is 0 Å². The monoisotopic (exact) mass is 369 g/mol. The van der Waals surface area contributed by atoms with Crippen molar-refractivity contribution < 1.29 is 14.4 Å². The van der Waals surface area contributed by atoms with Crippen molar-refractivity contribution in [3.05, 3.63) is 66.4 Å². The number of nitrogens with one attached hydrogen (secondary N) is 1. The number of hydrogen-bond acceptors (Lipinski definition) is 3. The molecule has 0 aliphatic heterocycles. The highest BCUT2D eigenvalue weighted by Crippen LogP contribution is 2.16. The quantitative estimate of drug-likeness (QED) is 0.429. The van der Waals surface area contributed by atoms with Crippen molar-refractivity contribution >= 4 is 45.9 Å². The van der Waals surface area contributed by atoms with Gasteiger partial charge in [-0.25, -0.2) is 5.01 Å². The molecule has 0 unspecified atom stereocenters. The molecule has 0 aliphatic carbocycles. The van der Waals surface area contributed by atoms with Gasteiger partial charge in [0.15, 0.2) is 0 Å². The molecule has 7 heteroatoms. The van der Waals surface area contributed by atoms with Crippen LogP contribution in [0.15, 0.2) is 60.8 Å². The molecule has 3 aromatic rings. The number of aryl methyl sites for hydroxylation is 1. The summed E-state index contributed by atoms with van der Waals surface area (Å²) < 4.78 is 1.24. The number of hydrogen-bond donors (Lipinski definition) is 1. The molecule has 6 nitrogen and oxygen atoms in total. The molecule has 26 heavy (non-hydrogen) atoms. The molecular formula is C19H16ClN3O3. The second-order valence-electron chi connectivity index (χ2n) is 5.69. The van der Waals surface area contributed by atoms with Gasteiger partial charge in [-0.3, -0.25) is 24.4 Å². The topological polar surface area (TPSA) is 71.4 Å². The molecule has 1 N–H and O–H groups in total. The zero-order valence-electron chi connectivity index (χ0n) is 14.0. The third-order valence-electron chi connectivity index (χ3n) is 3.85. The summed E-state index contributed by atoms with van der Waals surface area (Å²) in [5.41, 5.74) is 4.28. The van der Waals surface area contributed by atoms with Crippen LogP contribution in [0.5, 0.6) is 0 Å². The smallest absolute Gasteiger partial charge is 0.279 e. The average Bonchev–Trinajstić information content (AvgIpc) is 3.08. The van der Waals surface area contributed by atoms with Crippen molar-refractivity contribution in [1.82, 2.24) is 9.99 Å². The Hall–Kier alpha value is -3.12. The number of carbonyl (C=O) groups excluding carboxylic acids is 3. The summed E-state index contributed by atoms with van der Waals surface area (Å²) in [6.07, 6.45) is 1.52. The van der Waals surface area contributed by atoms with Crippen LogP contribution in [0, 0.1) is 6.92 Å². The minimum atomic E-state index is -0.939. The summed E-state index contributed by atoms with van der Waals surface area (Å²) in [5, 5.41) is 1.83. The van der Waals surface area contributed by atoms with Gasteiger partial charge in [0.05, 0.1) is 11.2 Å². The van der Waals surface area contributed by atoms with E-state index < -0.39 is 17.7 Å². The normalized spacial score (nSPS) is 10.5. The fraction of sp³-hybridized carbons (Fsp3) is 0.105. The lowest BCUT2D eigenvalue weighted by molar-refractivity contribution is -0.122. The molecule has 132 valence electrons. The summed E-state index contributed by atoms with van der Waals surface area (Å²) in [6, 6.07) is 15.9. The van der Waals surface area contributed by atoms with Crippen molar-refractivity contribution in [3.8, 4) is 0 Å². The Morgan fingerprint density at radius 2 is 1.85 bits per heavy atom. The third-order valence-corrected chi connectivity index (χ3v) is 4.08. The first-order valence-electron chi connectivity index (χ1n) is 7.88. The van der Waals surface area contributed by atoms with Gasteiger partial charge >= 0.3 is 11.8 Å². The Kier molecular flexibility index (Phi) is 5.04. The lowest BCUT2D eigenvalue weighted by Gasteiger charge is -2.22. The molecular weight excluding hydrogens is 354 g/mol. The van der Waals surface area contributed by atoms with Crippen LogP contribution in [0.4, 0.5) is 5.69 Å². The molecule has 0 fully saturated rings. The maximum atomic E-state index is 12.5. The van der Waals surface area contributed by atoms with E-state index in [4.69, 9.17) is 11.6 Å². The first-order valence-corrected chi connectivity index (χ1v) is 8.41. The van der Waals surface area contributed by atoms with Gasteiger partial charge in [0, 0.05) is 11.6 Å². The Balaban J connectivity index is 1.88. The average molecular weight is 370 g/mol. The van der Waals surface area contributed by atoms with E-state index in [-0.39, 0.29) is 5.88 Å². The summed E-state index contributed by atoms with van der Waals surface area (Å²) >= 11 is 5.64. The largest absolute Gasteiger partial charge is 0.329 e. The van der Waals surface area contributed by atoms with Gasteiger partial charge in [-0.1, -0.05) is 30.3 Å². The molecule has 0 atom stereocenters. The van der Waals surface area contributed by atoms with Crippen molar-refractivity contribution in [2.45, 2.75) is 6.92 Å². The molecule has 0 bridgehead atoms. The number of aromatic nitrogens is 1. The highest BCUT2D eigenvalue weighted by molar-refractivity contribution is 6.38. The van der Waals surface area contributed by atoms with Crippen LogP contribution < -0.4 is 10.4 Å². The molecule has 2 amide bonds. The molecule has 3 rings (SSSR count). The van der Waals surface area contributed by atoms with Crippen LogP contribution in [0.25, 0.3) is 10.9 Å². The number of carbonyl (C=O) groups is 3. The Morgan fingerprint density at radius 3 is 2.58 bits per heavy atom. The number of benzene rings is 2. The van der Waals surface area contributed by atoms with E-state index in [9.17, 15) is 14.4 Å². The van der Waals surface area contributed by atoms with E-state index in [1.165, 1.54) is 10.8 Å². The van der Waals surface area contributed by atoms with Gasteiger partial charge in [0.25, 0.3) is 5.91 Å². The van der Waals surface area contributed by atoms with Gasteiger partial charge in [-0.2, -0.15) is 0 Å². The summed E-state index contributed by atoms with van der Waals surface area (Å²) in [7, 11) is 0. The fourth-order valence-electron chi connectivity index (χ4n) is 2.62. The minimum Gasteiger partial charge on any atom is -0.279 e. The highest BCUT2D eigenvalue weighted by atomic mass is 35.5. The first kappa shape index (κ1) is 17.7. The second-order valence-corrected chi connectivity index (χ2v) is 5.96. The third kappa shape index (κ3) is 3.45. The Morgan fingerprint density at radius 1 is 1.08 bits per heavy atom. The van der Waals surface area contributed by atoms with Crippen molar-refractivity contribution in [2.75, 3.05) is 10.9 Å². The van der Waals surface area contributed by atoms with Crippen LogP contribution in [0.1, 0.15) is 10.4 Å². The number of nitrogens with zero attached hydrogens (tertiary/aromatic N) is 2. The summed E-state index contributed by atoms with van der Waals surface area (Å²) in [5.74, 6) is -2.62. The predicted molar refractivity (Wildman–Crippen MR) is 100 cm³/mol. The van der Waals surface area contributed by atoms with Crippen LogP contribution in [-0.2, 0) is 9.59 Å². The van der Waals surface area contributed by atoms with Crippen LogP contribution in [-0.4, -0.2) is 28.2 Å². The van der Waals surface area contributed by atoms with Crippen LogP contribution in [0.3, 0.4) is 0 Å². The summed E-state index contributed by atoms with van der Waals surface area (Å²) in [4.78, 5) is 37.1. The number of hydrazine groups is 1. The zero-order chi connectivity index (χ0) is 18.7. The number of rotatable bonds is 2. The van der Waals surface area contributed by atoms with Gasteiger partial charge < -0.3 is 0 Å². The highest BCUT2D eigenvalue weighted by Gasteiger charge is 2.24. The van der Waals surface area contributed by atoms with Gasteiger partial charge in [-0.05, 0) is 36.8 Å². The number of alkyl halides is 1. The van der Waals surface area contributed by atoms with Gasteiger partial charge in [-0.15, -0.1) is 11.6 Å². The molecule has 0 radical (unpaired) electrons. The number of amides is 2. The molecule has 0 saturated heterocycles. The standard InChI is InChI=1S/C19H16ClN3O3/c1-13-5-4-7-15(11-13)23(17(24)12-20)21-18(25)19(26)22-10-9-14-6-2-3-8-16(14)22/h2-11H,12H2,1H3,(H,21,25). The molecule has 0 spiro atoms. The Bertz CT molecular complexity index is 996. The lowest BCUT2D eigenvalue weighted by Crippen LogP contribution is -2.50. The van der Waals surface area contributed by atoms with E-state index in [1.54, 1.807) is 36.4 Å². The lowest BCUT2D eigenvalue weighted by atomic mass is 10.2. The van der Waals surface area contributed by atoms with E-state index in [2.05, 4.69) is 5.43 Å². The molecule has 0 saturated carbocycles. The zero-order valence-corrected chi connectivity index (χ0v) is 14.7. The molecule has 1 aromatic heterocycles. The molecule has 2 aromatic carbocycles. The fourth-order valence-corrected chi connectivity index (χ4v) is 2.74. The summed E-state index contributed by atoms with van der Waals surface area (Å²) in [6.45, 7) is 1.85. The number of anilines is 1. The second kappa shape index (κ2) is 7.41. The number of fused-ring (bicyclic) bond motifs is 1. The van der Waals surface area contributed by atoms with Gasteiger partial charge in [0.2, 0.25) is 0 Å². The maximum absolute atomic E-state index is 12.5. The SMILES string of the molecule is Cc1cccc(N(NC(=O)C(=O)n2ccc3ccccc32)C(=O)CCl)c1. The Labute approximate surface area is 154 Å². The van der Waals surface area contributed by atoms with Crippen molar-refractivity contribution in [2.24, 2.45) is 0 Å². The van der Waals surface area contributed by atoms with E-state index in [0.717, 1.165) is 16.0 Å². The predicted octanol–water partition coefficient (Wildman–Crippen LogP) is 2.89. The van der Waals surface area contributed by atoms with Gasteiger partial charge in [0.1, 0.15) is 5.88 Å². The van der Waals surface area contributed by atoms with Crippen LogP contribution in [0.2, 0.25) is 0 Å². The maximum Gasteiger partial charge on any atom is 0.329 e. The number of para-hydroxylation sites is 1. The minimum absolute atomic E-state index is 0.338. The first-order chi connectivity index (χ1) is 12.5. The van der Waals surface area contributed by atoms with E-state index in [1.807, 2.05) is 25.1 Å². The molecule has 0 aliphatic rings. The molecule has 1 heterocycles. The van der Waals surface area contributed by atoms with E-state index >= 15 is 0 Å². The van der Waals surface area contributed by atoms with Crippen LogP contribution >= 0.6 is 11.6 Å². The van der Waals surface area contributed by atoms with E-state index in [0.29, 0.717) is 11.2 Å².